The van der Waals surface area contributed by atoms with Crippen molar-refractivity contribution in [3.8, 4) is 0 Å². The smallest absolute Gasteiger partial charge is 0.244 e. The molecule has 1 aromatic heterocycles. The van der Waals surface area contributed by atoms with Crippen molar-refractivity contribution in [1.82, 2.24) is 9.29 Å². The number of anilines is 1. The molecule has 1 fully saturated rings. The van der Waals surface area contributed by atoms with E-state index in [-0.39, 0.29) is 17.5 Å². The van der Waals surface area contributed by atoms with Gasteiger partial charge in [-0.25, -0.2) is 13.4 Å². The summed E-state index contributed by atoms with van der Waals surface area (Å²) in [5.74, 6) is 0.575. The Morgan fingerprint density at radius 3 is 2.60 bits per heavy atom. The number of aliphatic hydroxyl groups excluding tert-OH is 1. The molecule has 2 rings (SSSR count). The third-order valence-electron chi connectivity index (χ3n) is 3.50. The van der Waals surface area contributed by atoms with E-state index >= 15 is 0 Å². The maximum Gasteiger partial charge on any atom is 0.244 e. The van der Waals surface area contributed by atoms with Gasteiger partial charge in [-0.1, -0.05) is 6.92 Å². The molecule has 2 N–H and O–H groups in total. The number of hydrogen-bond donors (Lipinski definition) is 2. The Labute approximate surface area is 119 Å². The van der Waals surface area contributed by atoms with E-state index in [2.05, 4.69) is 10.3 Å². The van der Waals surface area contributed by atoms with Crippen LogP contribution >= 0.6 is 0 Å². The largest absolute Gasteiger partial charge is 0.394 e. The Hall–Kier alpha value is -1.18. The van der Waals surface area contributed by atoms with E-state index in [0.717, 1.165) is 19.3 Å². The summed E-state index contributed by atoms with van der Waals surface area (Å²) in [6.45, 7) is 3.15. The van der Waals surface area contributed by atoms with Crippen LogP contribution in [-0.2, 0) is 10.0 Å². The lowest BCUT2D eigenvalue weighted by atomic mass is 10.2. The maximum atomic E-state index is 12.3. The average molecular weight is 299 g/mol. The Bertz CT molecular complexity index is 520. The van der Waals surface area contributed by atoms with E-state index in [1.807, 2.05) is 6.92 Å². The lowest BCUT2D eigenvalue weighted by molar-refractivity contribution is 0.271. The van der Waals surface area contributed by atoms with Gasteiger partial charge in [0.2, 0.25) is 10.0 Å². The Kier molecular flexibility index (Phi) is 4.95. The summed E-state index contributed by atoms with van der Waals surface area (Å²) in [5.41, 5.74) is 0. The molecule has 0 radical (unpaired) electrons. The summed E-state index contributed by atoms with van der Waals surface area (Å²) in [4.78, 5) is 4.35. The maximum absolute atomic E-state index is 12.3. The van der Waals surface area contributed by atoms with Crippen LogP contribution in [0.4, 0.5) is 5.82 Å². The number of aromatic nitrogens is 1. The number of rotatable bonds is 6. The molecule has 0 amide bonds. The van der Waals surface area contributed by atoms with E-state index in [9.17, 15) is 8.42 Å². The van der Waals surface area contributed by atoms with Crippen molar-refractivity contribution >= 4 is 15.8 Å². The van der Waals surface area contributed by atoms with E-state index in [0.29, 0.717) is 18.9 Å². The second-order valence-electron chi connectivity index (χ2n) is 4.92. The normalized spacial score (nSPS) is 18.1. The zero-order valence-electron chi connectivity index (χ0n) is 11.6. The molecular formula is C13H21N3O3S. The van der Waals surface area contributed by atoms with Crippen molar-refractivity contribution in [2.75, 3.05) is 25.0 Å². The van der Waals surface area contributed by atoms with E-state index in [1.165, 1.54) is 10.5 Å². The molecule has 0 bridgehead atoms. The molecule has 1 aliphatic rings. The van der Waals surface area contributed by atoms with Crippen molar-refractivity contribution in [1.29, 1.82) is 0 Å². The van der Waals surface area contributed by atoms with Gasteiger partial charge in [0.25, 0.3) is 0 Å². The molecule has 7 heteroatoms. The molecule has 0 aromatic carbocycles. The molecular weight excluding hydrogens is 278 g/mol. The van der Waals surface area contributed by atoms with Crippen LogP contribution in [0.5, 0.6) is 0 Å². The fourth-order valence-corrected chi connectivity index (χ4v) is 3.64. The van der Waals surface area contributed by atoms with E-state index in [1.54, 1.807) is 12.1 Å². The first kappa shape index (κ1) is 15.2. The summed E-state index contributed by atoms with van der Waals surface area (Å²) in [5, 5.41) is 12.2. The number of nitrogens with zero attached hydrogens (tertiary/aromatic N) is 2. The van der Waals surface area contributed by atoms with Crippen LogP contribution < -0.4 is 5.32 Å². The summed E-state index contributed by atoms with van der Waals surface area (Å²) in [6.07, 6.45) is 3.98. The molecule has 1 saturated heterocycles. The molecule has 20 heavy (non-hydrogen) atoms. The van der Waals surface area contributed by atoms with Crippen LogP contribution in [-0.4, -0.2) is 48.6 Å². The minimum Gasteiger partial charge on any atom is -0.394 e. The fourth-order valence-electron chi connectivity index (χ4n) is 2.18. The summed E-state index contributed by atoms with van der Waals surface area (Å²) >= 11 is 0. The standard InChI is InChI=1S/C13H21N3O3S/c1-2-11(10-17)15-13-6-5-12(9-14-13)20(18,19)16-7-3-4-8-16/h5-6,9,11,17H,2-4,7-8,10H2,1H3,(H,14,15). The van der Waals surface area contributed by atoms with Crippen LogP contribution in [0.25, 0.3) is 0 Å². The molecule has 0 saturated carbocycles. The zero-order chi connectivity index (χ0) is 14.6. The first-order chi connectivity index (χ1) is 9.57. The Balaban J connectivity index is 2.11. The molecule has 112 valence electrons. The third kappa shape index (κ3) is 3.28. The van der Waals surface area contributed by atoms with Gasteiger partial charge < -0.3 is 10.4 Å². The highest BCUT2D eigenvalue weighted by Gasteiger charge is 2.27. The zero-order valence-corrected chi connectivity index (χ0v) is 12.4. The van der Waals surface area contributed by atoms with Crippen LogP contribution in [0.1, 0.15) is 26.2 Å². The monoisotopic (exact) mass is 299 g/mol. The molecule has 1 unspecified atom stereocenters. The van der Waals surface area contributed by atoms with Crippen LogP contribution in [0.3, 0.4) is 0 Å². The number of hydrogen-bond acceptors (Lipinski definition) is 5. The van der Waals surface area contributed by atoms with Crippen LogP contribution in [0.15, 0.2) is 23.2 Å². The predicted molar refractivity (Wildman–Crippen MR) is 77.0 cm³/mol. The highest BCUT2D eigenvalue weighted by atomic mass is 32.2. The number of pyridine rings is 1. The quantitative estimate of drug-likeness (QED) is 0.820. The SMILES string of the molecule is CCC(CO)Nc1ccc(S(=O)(=O)N2CCCC2)cn1. The molecule has 1 atom stereocenters. The van der Waals surface area contributed by atoms with Crippen molar-refractivity contribution in [3.05, 3.63) is 18.3 Å². The summed E-state index contributed by atoms with van der Waals surface area (Å²) < 4.78 is 26.1. The van der Waals surface area contributed by atoms with Gasteiger partial charge in [-0.05, 0) is 31.4 Å². The minimum atomic E-state index is -3.40. The lowest BCUT2D eigenvalue weighted by Crippen LogP contribution is -2.28. The van der Waals surface area contributed by atoms with Crippen LogP contribution in [0.2, 0.25) is 0 Å². The van der Waals surface area contributed by atoms with Gasteiger partial charge in [-0.15, -0.1) is 0 Å². The average Bonchev–Trinajstić information content (AvgIpc) is 3.00. The van der Waals surface area contributed by atoms with Crippen molar-refractivity contribution in [3.63, 3.8) is 0 Å². The fraction of sp³-hybridized carbons (Fsp3) is 0.615. The van der Waals surface area contributed by atoms with Gasteiger partial charge in [-0.2, -0.15) is 4.31 Å². The number of sulfonamides is 1. The molecule has 0 spiro atoms. The summed E-state index contributed by atoms with van der Waals surface area (Å²) in [7, 11) is -3.40. The van der Waals surface area contributed by atoms with Gasteiger partial charge in [0.15, 0.2) is 0 Å². The highest BCUT2D eigenvalue weighted by molar-refractivity contribution is 7.89. The lowest BCUT2D eigenvalue weighted by Gasteiger charge is -2.17. The van der Waals surface area contributed by atoms with Gasteiger partial charge in [0.05, 0.1) is 12.6 Å². The molecule has 2 heterocycles. The second-order valence-corrected chi connectivity index (χ2v) is 6.86. The molecule has 6 nitrogen and oxygen atoms in total. The second kappa shape index (κ2) is 6.51. The van der Waals surface area contributed by atoms with E-state index in [4.69, 9.17) is 5.11 Å². The van der Waals surface area contributed by atoms with Gasteiger partial charge in [0.1, 0.15) is 10.7 Å². The molecule has 0 aliphatic carbocycles. The molecule has 1 aromatic rings. The first-order valence-corrected chi connectivity index (χ1v) is 8.35. The highest BCUT2D eigenvalue weighted by Crippen LogP contribution is 2.21. The molecule has 1 aliphatic heterocycles. The first-order valence-electron chi connectivity index (χ1n) is 6.91. The van der Waals surface area contributed by atoms with Crippen LogP contribution in [0, 0.1) is 0 Å². The number of aliphatic hydroxyl groups is 1. The van der Waals surface area contributed by atoms with Crippen molar-refractivity contribution in [2.45, 2.75) is 37.1 Å². The van der Waals surface area contributed by atoms with Gasteiger partial charge >= 0.3 is 0 Å². The minimum absolute atomic E-state index is 0.0198. The van der Waals surface area contributed by atoms with Crippen molar-refractivity contribution < 1.29 is 13.5 Å². The Morgan fingerprint density at radius 1 is 1.40 bits per heavy atom. The van der Waals surface area contributed by atoms with Gasteiger partial charge in [-0.3, -0.25) is 0 Å². The van der Waals surface area contributed by atoms with Crippen molar-refractivity contribution in [2.24, 2.45) is 0 Å². The third-order valence-corrected chi connectivity index (χ3v) is 5.39. The van der Waals surface area contributed by atoms with E-state index < -0.39 is 10.0 Å². The van der Waals surface area contributed by atoms with Gasteiger partial charge in [0, 0.05) is 19.3 Å². The Morgan fingerprint density at radius 2 is 2.10 bits per heavy atom. The summed E-state index contributed by atoms with van der Waals surface area (Å²) in [6, 6.07) is 3.14. The predicted octanol–water partition coefficient (Wildman–Crippen LogP) is 1.05. The topological polar surface area (TPSA) is 82.5 Å². The number of nitrogens with one attached hydrogen (secondary N) is 1.